The number of aromatic nitrogens is 1. The van der Waals surface area contributed by atoms with Gasteiger partial charge in [0, 0.05) is 17.8 Å². The van der Waals surface area contributed by atoms with Gasteiger partial charge in [-0.2, -0.15) is 0 Å². The van der Waals surface area contributed by atoms with E-state index in [0.29, 0.717) is 23.2 Å². The number of carbonyl (C=O) groups is 2. The highest BCUT2D eigenvalue weighted by molar-refractivity contribution is 6.09. The molecule has 0 aromatic carbocycles. The molecule has 4 nitrogen and oxygen atoms in total. The Morgan fingerprint density at radius 1 is 1.35 bits per heavy atom. The highest BCUT2D eigenvalue weighted by Crippen LogP contribution is 2.36. The normalized spacial score (nSPS) is 17.8. The average molecular weight is 235 g/mol. The van der Waals surface area contributed by atoms with Crippen LogP contribution in [0.15, 0.2) is 0 Å². The van der Waals surface area contributed by atoms with E-state index in [0.717, 1.165) is 12.1 Å². The van der Waals surface area contributed by atoms with E-state index in [1.807, 2.05) is 0 Å². The fourth-order valence-corrected chi connectivity index (χ4v) is 2.55. The number of esters is 1. The molecule has 2 rings (SSSR count). The molecule has 0 saturated carbocycles. The number of Topliss-reactive ketones (excluding diaryl/α,β-unsaturated/α-hetero) is 1. The third-order valence-electron chi connectivity index (χ3n) is 3.23. The largest absolute Gasteiger partial charge is 0.465 e. The molecule has 1 aromatic heterocycles. The number of aromatic amines is 1. The zero-order valence-electron chi connectivity index (χ0n) is 10.6. The Hall–Kier alpha value is -1.58. The first kappa shape index (κ1) is 11.9. The summed E-state index contributed by atoms with van der Waals surface area (Å²) in [7, 11) is 1.33. The number of hydrogen-bond acceptors (Lipinski definition) is 3. The number of hydrogen-bond donors (Lipinski definition) is 1. The van der Waals surface area contributed by atoms with E-state index in [2.05, 4.69) is 18.8 Å². The summed E-state index contributed by atoms with van der Waals surface area (Å²) in [6.45, 7) is 5.91. The minimum absolute atomic E-state index is 0.0287. The van der Waals surface area contributed by atoms with Crippen LogP contribution in [-0.2, 0) is 11.2 Å². The van der Waals surface area contributed by atoms with Crippen LogP contribution >= 0.6 is 0 Å². The van der Waals surface area contributed by atoms with E-state index in [1.54, 1.807) is 6.92 Å². The van der Waals surface area contributed by atoms with Gasteiger partial charge in [0.2, 0.25) is 0 Å². The molecule has 17 heavy (non-hydrogen) atoms. The van der Waals surface area contributed by atoms with Gasteiger partial charge in [0.05, 0.1) is 18.2 Å². The van der Waals surface area contributed by atoms with Crippen molar-refractivity contribution in [1.29, 1.82) is 0 Å². The van der Waals surface area contributed by atoms with Crippen molar-refractivity contribution >= 4 is 11.8 Å². The molecule has 0 bridgehead atoms. The number of H-pyrrole nitrogens is 1. The smallest absolute Gasteiger partial charge is 0.340 e. The maximum absolute atomic E-state index is 12.1. The van der Waals surface area contributed by atoms with Crippen LogP contribution in [0.25, 0.3) is 0 Å². The fourth-order valence-electron chi connectivity index (χ4n) is 2.55. The van der Waals surface area contributed by atoms with E-state index in [4.69, 9.17) is 4.74 Å². The third-order valence-corrected chi connectivity index (χ3v) is 3.23. The van der Waals surface area contributed by atoms with E-state index >= 15 is 0 Å². The first-order valence-corrected chi connectivity index (χ1v) is 5.68. The lowest BCUT2D eigenvalue weighted by atomic mass is 9.75. The number of ether oxygens (including phenoxy) is 1. The Bertz CT molecular complexity index is 497. The fraction of sp³-hybridized carbons (Fsp3) is 0.538. The Labute approximate surface area is 100 Å². The second kappa shape index (κ2) is 3.72. The highest BCUT2D eigenvalue weighted by atomic mass is 16.5. The Morgan fingerprint density at radius 3 is 2.59 bits per heavy atom. The molecule has 0 spiro atoms. The van der Waals surface area contributed by atoms with Crippen molar-refractivity contribution in [2.24, 2.45) is 5.41 Å². The van der Waals surface area contributed by atoms with Crippen LogP contribution in [0.4, 0.5) is 0 Å². The molecule has 0 atom stereocenters. The molecule has 4 heteroatoms. The summed E-state index contributed by atoms with van der Waals surface area (Å²) >= 11 is 0. The molecule has 0 amide bonds. The Balaban J connectivity index is 2.57. The predicted molar refractivity (Wildman–Crippen MR) is 63.3 cm³/mol. The van der Waals surface area contributed by atoms with Crippen molar-refractivity contribution in [2.45, 2.75) is 33.6 Å². The van der Waals surface area contributed by atoms with Gasteiger partial charge in [0.1, 0.15) is 0 Å². The van der Waals surface area contributed by atoms with Gasteiger partial charge in [-0.3, -0.25) is 4.79 Å². The van der Waals surface area contributed by atoms with Gasteiger partial charge in [-0.05, 0) is 18.8 Å². The summed E-state index contributed by atoms with van der Waals surface area (Å²) < 4.78 is 4.73. The van der Waals surface area contributed by atoms with Gasteiger partial charge in [0.15, 0.2) is 5.78 Å². The van der Waals surface area contributed by atoms with Crippen molar-refractivity contribution in [1.82, 2.24) is 4.98 Å². The van der Waals surface area contributed by atoms with Crippen molar-refractivity contribution in [2.75, 3.05) is 7.11 Å². The van der Waals surface area contributed by atoms with Crippen LogP contribution in [0.1, 0.15) is 52.4 Å². The Kier molecular flexibility index (Phi) is 2.60. The van der Waals surface area contributed by atoms with Gasteiger partial charge >= 0.3 is 5.97 Å². The van der Waals surface area contributed by atoms with Crippen LogP contribution in [0.2, 0.25) is 0 Å². The summed E-state index contributed by atoms with van der Waals surface area (Å²) in [5, 5.41) is 0. The topological polar surface area (TPSA) is 59.2 Å². The highest BCUT2D eigenvalue weighted by Gasteiger charge is 2.36. The number of rotatable bonds is 1. The number of ketones is 1. The zero-order valence-corrected chi connectivity index (χ0v) is 10.6. The molecule has 0 saturated heterocycles. The van der Waals surface area contributed by atoms with Gasteiger partial charge < -0.3 is 9.72 Å². The maximum Gasteiger partial charge on any atom is 0.340 e. The standard InChI is InChI=1S/C13H17NO3/c1-7-10(12(16)17-4)11-8(14-7)5-13(2,3)6-9(11)15/h14H,5-6H2,1-4H3. The molecule has 92 valence electrons. The van der Waals surface area contributed by atoms with E-state index in [-0.39, 0.29) is 11.2 Å². The summed E-state index contributed by atoms with van der Waals surface area (Å²) in [4.78, 5) is 27.0. The third kappa shape index (κ3) is 1.88. The second-order valence-corrected chi connectivity index (χ2v) is 5.41. The van der Waals surface area contributed by atoms with Crippen LogP contribution in [0.3, 0.4) is 0 Å². The molecule has 0 aliphatic heterocycles. The average Bonchev–Trinajstić information content (AvgIpc) is 2.51. The zero-order chi connectivity index (χ0) is 12.8. The van der Waals surface area contributed by atoms with Gasteiger partial charge in [0.25, 0.3) is 0 Å². The number of nitrogens with one attached hydrogen (secondary N) is 1. The number of aryl methyl sites for hydroxylation is 1. The monoisotopic (exact) mass is 235 g/mol. The molecule has 1 aromatic rings. The second-order valence-electron chi connectivity index (χ2n) is 5.41. The van der Waals surface area contributed by atoms with Crippen LogP contribution in [-0.4, -0.2) is 23.8 Å². The van der Waals surface area contributed by atoms with Gasteiger partial charge in [-0.15, -0.1) is 0 Å². The van der Waals surface area contributed by atoms with Crippen molar-refractivity contribution in [3.05, 3.63) is 22.5 Å². The molecule has 0 fully saturated rings. The molecule has 1 aliphatic carbocycles. The van der Waals surface area contributed by atoms with Crippen molar-refractivity contribution in [3.63, 3.8) is 0 Å². The predicted octanol–water partition coefficient (Wildman–Crippen LogP) is 2.26. The van der Waals surface area contributed by atoms with Gasteiger partial charge in [-0.25, -0.2) is 4.79 Å². The maximum atomic E-state index is 12.1. The quantitative estimate of drug-likeness (QED) is 0.759. The summed E-state index contributed by atoms with van der Waals surface area (Å²) in [6.07, 6.45) is 1.26. The summed E-state index contributed by atoms with van der Waals surface area (Å²) in [5.74, 6) is -0.408. The molecule has 1 N–H and O–H groups in total. The lowest BCUT2D eigenvalue weighted by Crippen LogP contribution is -2.27. The number of methoxy groups -OCH3 is 1. The minimum atomic E-state index is -0.437. The number of fused-ring (bicyclic) bond motifs is 1. The minimum Gasteiger partial charge on any atom is -0.465 e. The molecule has 1 heterocycles. The first-order valence-electron chi connectivity index (χ1n) is 5.68. The van der Waals surface area contributed by atoms with Crippen molar-refractivity contribution in [3.8, 4) is 0 Å². The molecule has 0 radical (unpaired) electrons. The summed E-state index contributed by atoms with van der Waals surface area (Å²) in [6, 6.07) is 0. The van der Waals surface area contributed by atoms with Gasteiger partial charge in [-0.1, -0.05) is 13.8 Å². The van der Waals surface area contributed by atoms with Crippen LogP contribution in [0, 0.1) is 12.3 Å². The molecular formula is C13H17NO3. The van der Waals surface area contributed by atoms with Crippen LogP contribution in [0.5, 0.6) is 0 Å². The van der Waals surface area contributed by atoms with E-state index in [1.165, 1.54) is 7.11 Å². The first-order chi connectivity index (χ1) is 7.85. The summed E-state index contributed by atoms with van der Waals surface area (Å²) in [5.41, 5.74) is 2.48. The lowest BCUT2D eigenvalue weighted by Gasteiger charge is -2.28. The van der Waals surface area contributed by atoms with E-state index in [9.17, 15) is 9.59 Å². The molecule has 0 unspecified atom stereocenters. The number of carbonyl (C=O) groups excluding carboxylic acids is 2. The van der Waals surface area contributed by atoms with E-state index < -0.39 is 5.97 Å². The SMILES string of the molecule is COC(=O)c1c(C)[nH]c2c1C(=O)CC(C)(C)C2. The van der Waals surface area contributed by atoms with Crippen molar-refractivity contribution < 1.29 is 14.3 Å². The molecular weight excluding hydrogens is 218 g/mol. The lowest BCUT2D eigenvalue weighted by molar-refractivity contribution is 0.0594. The van der Waals surface area contributed by atoms with Crippen LogP contribution < -0.4 is 0 Å². The molecule has 1 aliphatic rings. The Morgan fingerprint density at radius 2 is 2.00 bits per heavy atom.